The first-order valence-corrected chi connectivity index (χ1v) is 8.46. The van der Waals surface area contributed by atoms with Crippen molar-refractivity contribution in [1.29, 1.82) is 0 Å². The Labute approximate surface area is 141 Å². The van der Waals surface area contributed by atoms with Crippen LogP contribution < -0.4 is 15.4 Å². The number of hydrogen-bond donors (Lipinski definition) is 2. The molecule has 5 heteroatoms. The van der Waals surface area contributed by atoms with E-state index in [1.54, 1.807) is 7.11 Å². The third kappa shape index (κ3) is 6.91. The molecule has 1 rings (SSSR count). The predicted molar refractivity (Wildman–Crippen MR) is 98.4 cm³/mol. The molecule has 0 fully saturated rings. The van der Waals surface area contributed by atoms with Crippen LogP contribution in [-0.2, 0) is 6.42 Å². The summed E-state index contributed by atoms with van der Waals surface area (Å²) >= 11 is 0. The summed E-state index contributed by atoms with van der Waals surface area (Å²) in [6, 6.07) is 8.67. The van der Waals surface area contributed by atoms with Crippen LogP contribution in [0.15, 0.2) is 29.3 Å². The number of guanidine groups is 1. The molecule has 1 aromatic carbocycles. The third-order valence-corrected chi connectivity index (χ3v) is 4.09. The highest BCUT2D eigenvalue weighted by atomic mass is 16.5. The topological polar surface area (TPSA) is 48.9 Å². The number of nitrogens with one attached hydrogen (secondary N) is 2. The van der Waals surface area contributed by atoms with Crippen molar-refractivity contribution in [1.82, 2.24) is 15.5 Å². The van der Waals surface area contributed by atoms with E-state index in [4.69, 9.17) is 4.74 Å². The molecule has 0 saturated carbocycles. The SMILES string of the molecule is CCN(CC)C(C)CNC(=NC)NCCc1ccc(OC)cc1. The van der Waals surface area contributed by atoms with Gasteiger partial charge in [0.15, 0.2) is 5.96 Å². The van der Waals surface area contributed by atoms with Crippen LogP contribution in [0.2, 0.25) is 0 Å². The van der Waals surface area contributed by atoms with Gasteiger partial charge in [0, 0.05) is 26.2 Å². The van der Waals surface area contributed by atoms with Gasteiger partial charge in [0.1, 0.15) is 5.75 Å². The molecule has 0 spiro atoms. The lowest BCUT2D eigenvalue weighted by Crippen LogP contribution is -2.46. The molecule has 0 radical (unpaired) electrons. The average Bonchev–Trinajstić information content (AvgIpc) is 2.59. The quantitative estimate of drug-likeness (QED) is 0.541. The van der Waals surface area contributed by atoms with Crippen molar-refractivity contribution >= 4 is 5.96 Å². The molecular weight excluding hydrogens is 288 g/mol. The van der Waals surface area contributed by atoms with Crippen molar-refractivity contribution in [3.63, 3.8) is 0 Å². The molecule has 0 aliphatic rings. The molecule has 5 nitrogen and oxygen atoms in total. The van der Waals surface area contributed by atoms with Crippen LogP contribution in [0.3, 0.4) is 0 Å². The lowest BCUT2D eigenvalue weighted by atomic mass is 10.1. The van der Waals surface area contributed by atoms with Gasteiger partial charge in [-0.3, -0.25) is 9.89 Å². The van der Waals surface area contributed by atoms with Gasteiger partial charge in [-0.2, -0.15) is 0 Å². The van der Waals surface area contributed by atoms with Crippen molar-refractivity contribution < 1.29 is 4.74 Å². The fraction of sp³-hybridized carbons (Fsp3) is 0.611. The minimum Gasteiger partial charge on any atom is -0.497 e. The van der Waals surface area contributed by atoms with Gasteiger partial charge in [0.05, 0.1) is 7.11 Å². The van der Waals surface area contributed by atoms with Crippen LogP contribution in [-0.4, -0.2) is 57.2 Å². The van der Waals surface area contributed by atoms with Crippen molar-refractivity contribution in [2.24, 2.45) is 4.99 Å². The molecule has 2 N–H and O–H groups in total. The van der Waals surface area contributed by atoms with E-state index in [9.17, 15) is 0 Å². The Bertz CT molecular complexity index is 455. The second-order valence-corrected chi connectivity index (χ2v) is 5.55. The molecule has 0 aliphatic carbocycles. The predicted octanol–water partition coefficient (Wildman–Crippen LogP) is 2.13. The molecule has 0 amide bonds. The summed E-state index contributed by atoms with van der Waals surface area (Å²) in [6.07, 6.45) is 0.955. The highest BCUT2D eigenvalue weighted by Gasteiger charge is 2.10. The van der Waals surface area contributed by atoms with Crippen LogP contribution in [0.1, 0.15) is 26.3 Å². The minimum absolute atomic E-state index is 0.491. The zero-order chi connectivity index (χ0) is 17.1. The smallest absolute Gasteiger partial charge is 0.191 e. The molecule has 0 saturated heterocycles. The first-order chi connectivity index (χ1) is 11.1. The van der Waals surface area contributed by atoms with Gasteiger partial charge in [-0.15, -0.1) is 0 Å². The largest absolute Gasteiger partial charge is 0.497 e. The van der Waals surface area contributed by atoms with Crippen molar-refractivity contribution in [3.8, 4) is 5.75 Å². The second-order valence-electron chi connectivity index (χ2n) is 5.55. The summed E-state index contributed by atoms with van der Waals surface area (Å²) in [6.45, 7) is 10.5. The molecule has 0 aromatic heterocycles. The Kier molecular flexibility index (Phi) is 9.14. The van der Waals surface area contributed by atoms with E-state index in [-0.39, 0.29) is 0 Å². The number of rotatable bonds is 9. The number of aliphatic imine (C=N–C) groups is 1. The molecule has 0 heterocycles. The molecule has 130 valence electrons. The maximum atomic E-state index is 5.17. The molecule has 1 atom stereocenters. The standard InChI is InChI=1S/C18H32N4O/c1-6-22(7-2)15(3)14-21-18(19-4)20-13-12-16-8-10-17(23-5)11-9-16/h8-11,15H,6-7,12-14H2,1-5H3,(H2,19,20,21). The van der Waals surface area contributed by atoms with E-state index in [2.05, 4.69) is 53.4 Å². The summed E-state index contributed by atoms with van der Waals surface area (Å²) in [4.78, 5) is 6.71. The fourth-order valence-electron chi connectivity index (χ4n) is 2.56. The summed E-state index contributed by atoms with van der Waals surface area (Å²) in [5, 5.41) is 6.77. The van der Waals surface area contributed by atoms with Gasteiger partial charge in [-0.05, 0) is 44.1 Å². The molecule has 1 unspecified atom stereocenters. The van der Waals surface area contributed by atoms with Gasteiger partial charge < -0.3 is 15.4 Å². The van der Waals surface area contributed by atoms with Gasteiger partial charge in [-0.25, -0.2) is 0 Å². The van der Waals surface area contributed by atoms with Crippen LogP contribution in [0, 0.1) is 0 Å². The average molecular weight is 320 g/mol. The number of hydrogen-bond acceptors (Lipinski definition) is 3. The molecular formula is C18H32N4O. The number of methoxy groups -OCH3 is 1. The summed E-state index contributed by atoms with van der Waals surface area (Å²) in [7, 11) is 3.50. The Morgan fingerprint density at radius 3 is 2.35 bits per heavy atom. The highest BCUT2D eigenvalue weighted by molar-refractivity contribution is 5.79. The van der Waals surface area contributed by atoms with Crippen molar-refractivity contribution in [3.05, 3.63) is 29.8 Å². The monoisotopic (exact) mass is 320 g/mol. The van der Waals surface area contributed by atoms with Gasteiger partial charge >= 0.3 is 0 Å². The number of benzene rings is 1. The molecule has 0 bridgehead atoms. The van der Waals surface area contributed by atoms with E-state index < -0.39 is 0 Å². The maximum absolute atomic E-state index is 5.17. The highest BCUT2D eigenvalue weighted by Crippen LogP contribution is 2.11. The van der Waals surface area contributed by atoms with Crippen LogP contribution >= 0.6 is 0 Å². The first-order valence-electron chi connectivity index (χ1n) is 8.46. The van der Waals surface area contributed by atoms with Crippen LogP contribution in [0.25, 0.3) is 0 Å². The zero-order valence-corrected chi connectivity index (χ0v) is 15.2. The summed E-state index contributed by atoms with van der Waals surface area (Å²) in [5.74, 6) is 1.75. The van der Waals surface area contributed by atoms with Crippen LogP contribution in [0.4, 0.5) is 0 Å². The number of likely N-dealkylation sites (N-methyl/N-ethyl adjacent to an activating group) is 1. The number of ether oxygens (including phenoxy) is 1. The molecule has 1 aromatic rings. The van der Waals surface area contributed by atoms with E-state index in [1.165, 1.54) is 5.56 Å². The Hall–Kier alpha value is -1.75. The van der Waals surface area contributed by atoms with Crippen LogP contribution in [0.5, 0.6) is 5.75 Å². The Morgan fingerprint density at radius 2 is 1.83 bits per heavy atom. The van der Waals surface area contributed by atoms with Gasteiger partial charge in [0.25, 0.3) is 0 Å². The molecule has 23 heavy (non-hydrogen) atoms. The van der Waals surface area contributed by atoms with Crippen molar-refractivity contribution in [2.45, 2.75) is 33.2 Å². The Balaban J connectivity index is 2.33. The Morgan fingerprint density at radius 1 is 1.17 bits per heavy atom. The summed E-state index contributed by atoms with van der Waals surface area (Å²) < 4.78 is 5.17. The van der Waals surface area contributed by atoms with Gasteiger partial charge in [-0.1, -0.05) is 26.0 Å². The lowest BCUT2D eigenvalue weighted by molar-refractivity contribution is 0.231. The van der Waals surface area contributed by atoms with Gasteiger partial charge in [0.2, 0.25) is 0 Å². The number of nitrogens with zero attached hydrogens (tertiary/aromatic N) is 2. The maximum Gasteiger partial charge on any atom is 0.191 e. The first kappa shape index (κ1) is 19.3. The normalized spacial score (nSPS) is 13.0. The minimum atomic E-state index is 0.491. The molecule has 0 aliphatic heterocycles. The van der Waals surface area contributed by atoms with E-state index in [1.807, 2.05) is 19.2 Å². The zero-order valence-electron chi connectivity index (χ0n) is 15.2. The fourth-order valence-corrected chi connectivity index (χ4v) is 2.56. The van der Waals surface area contributed by atoms with Crippen molar-refractivity contribution in [2.75, 3.05) is 40.3 Å². The second kappa shape index (κ2) is 10.9. The van der Waals surface area contributed by atoms with E-state index >= 15 is 0 Å². The summed E-state index contributed by atoms with van der Waals surface area (Å²) in [5.41, 5.74) is 1.28. The third-order valence-electron chi connectivity index (χ3n) is 4.09. The van der Waals surface area contributed by atoms with E-state index in [0.29, 0.717) is 6.04 Å². The lowest BCUT2D eigenvalue weighted by Gasteiger charge is -2.27. The van der Waals surface area contributed by atoms with E-state index in [0.717, 1.165) is 44.3 Å².